The van der Waals surface area contributed by atoms with Crippen molar-refractivity contribution in [3.05, 3.63) is 23.8 Å². The van der Waals surface area contributed by atoms with Crippen LogP contribution in [0.15, 0.2) is 18.2 Å². The van der Waals surface area contributed by atoms with Gasteiger partial charge < -0.3 is 19.9 Å². The monoisotopic (exact) mass is 295 g/mol. The molecule has 0 radical (unpaired) electrons. The lowest BCUT2D eigenvalue weighted by Gasteiger charge is -2.11. The number of ether oxygens (including phenoxy) is 3. The molecule has 0 heterocycles. The van der Waals surface area contributed by atoms with Crippen molar-refractivity contribution in [3.8, 4) is 11.5 Å². The summed E-state index contributed by atoms with van der Waals surface area (Å²) >= 11 is 0. The molecule has 0 fully saturated rings. The second-order valence-corrected chi connectivity index (χ2v) is 4.65. The van der Waals surface area contributed by atoms with Crippen LogP contribution < -0.4 is 15.2 Å². The molecule has 0 amide bonds. The zero-order valence-corrected chi connectivity index (χ0v) is 12.9. The molecule has 5 heteroatoms. The molecule has 1 aromatic carbocycles. The van der Waals surface area contributed by atoms with E-state index < -0.39 is 0 Å². The lowest BCUT2D eigenvalue weighted by atomic mass is 10.2. The molecule has 0 saturated carbocycles. The van der Waals surface area contributed by atoms with Crippen LogP contribution in [-0.2, 0) is 16.1 Å². The van der Waals surface area contributed by atoms with Gasteiger partial charge in [-0.3, -0.25) is 4.79 Å². The Morgan fingerprint density at radius 2 is 2.00 bits per heavy atom. The van der Waals surface area contributed by atoms with Crippen LogP contribution in [0.1, 0.15) is 38.2 Å². The molecule has 0 aliphatic carbocycles. The number of carbonyl (C=O) groups is 1. The van der Waals surface area contributed by atoms with Crippen LogP contribution in [0, 0.1) is 0 Å². The normalized spacial score (nSPS) is 10.2. The van der Waals surface area contributed by atoms with Gasteiger partial charge in [0.05, 0.1) is 20.3 Å². The summed E-state index contributed by atoms with van der Waals surface area (Å²) in [5.41, 5.74) is 6.62. The number of rotatable bonds is 10. The van der Waals surface area contributed by atoms with E-state index >= 15 is 0 Å². The maximum Gasteiger partial charge on any atom is 0.305 e. The highest BCUT2D eigenvalue weighted by Crippen LogP contribution is 2.28. The summed E-state index contributed by atoms with van der Waals surface area (Å²) < 4.78 is 15.9. The Kier molecular flexibility index (Phi) is 8.28. The third-order valence-electron chi connectivity index (χ3n) is 3.05. The Labute approximate surface area is 126 Å². The number of carbonyl (C=O) groups excluding carboxylic acids is 1. The van der Waals surface area contributed by atoms with Gasteiger partial charge in [0.15, 0.2) is 11.5 Å². The molecule has 2 N–H and O–H groups in total. The van der Waals surface area contributed by atoms with Crippen molar-refractivity contribution in [2.75, 3.05) is 20.3 Å². The van der Waals surface area contributed by atoms with Gasteiger partial charge >= 0.3 is 5.97 Å². The van der Waals surface area contributed by atoms with E-state index in [-0.39, 0.29) is 5.97 Å². The molecule has 0 aliphatic heterocycles. The van der Waals surface area contributed by atoms with Crippen LogP contribution in [-0.4, -0.2) is 26.3 Å². The Morgan fingerprint density at radius 1 is 1.19 bits per heavy atom. The first-order chi connectivity index (χ1) is 10.2. The third-order valence-corrected chi connectivity index (χ3v) is 3.05. The second kappa shape index (κ2) is 10.0. The van der Waals surface area contributed by atoms with E-state index in [1.54, 1.807) is 7.11 Å². The van der Waals surface area contributed by atoms with E-state index in [1.807, 2.05) is 25.1 Å². The van der Waals surface area contributed by atoms with Gasteiger partial charge in [0.25, 0.3) is 0 Å². The molecule has 0 aromatic heterocycles. The van der Waals surface area contributed by atoms with Crippen LogP contribution in [0.5, 0.6) is 11.5 Å². The highest BCUT2D eigenvalue weighted by atomic mass is 16.5. The molecule has 0 aliphatic rings. The number of esters is 1. The lowest BCUT2D eigenvalue weighted by Crippen LogP contribution is -2.04. The van der Waals surface area contributed by atoms with Crippen molar-refractivity contribution in [1.82, 2.24) is 0 Å². The lowest BCUT2D eigenvalue weighted by molar-refractivity contribution is -0.143. The highest BCUT2D eigenvalue weighted by Gasteiger charge is 2.05. The minimum Gasteiger partial charge on any atom is -0.493 e. The topological polar surface area (TPSA) is 70.8 Å². The fourth-order valence-electron chi connectivity index (χ4n) is 1.92. The smallest absolute Gasteiger partial charge is 0.305 e. The van der Waals surface area contributed by atoms with Crippen LogP contribution in [0.25, 0.3) is 0 Å². The molecule has 5 nitrogen and oxygen atoms in total. The van der Waals surface area contributed by atoms with Gasteiger partial charge in [0.2, 0.25) is 0 Å². The number of hydrogen-bond acceptors (Lipinski definition) is 5. The van der Waals surface area contributed by atoms with Crippen LogP contribution in [0.2, 0.25) is 0 Å². The molecule has 0 spiro atoms. The number of nitrogens with two attached hydrogens (primary N) is 1. The van der Waals surface area contributed by atoms with E-state index in [2.05, 4.69) is 0 Å². The first-order valence-corrected chi connectivity index (χ1v) is 7.36. The second-order valence-electron chi connectivity index (χ2n) is 4.65. The number of benzene rings is 1. The number of methoxy groups -OCH3 is 1. The fraction of sp³-hybridized carbons (Fsp3) is 0.562. The fourth-order valence-corrected chi connectivity index (χ4v) is 1.92. The molecule has 0 bridgehead atoms. The summed E-state index contributed by atoms with van der Waals surface area (Å²) in [6.07, 6.45) is 3.11. The van der Waals surface area contributed by atoms with E-state index in [0.29, 0.717) is 37.7 Å². The van der Waals surface area contributed by atoms with Gasteiger partial charge in [-0.1, -0.05) is 6.07 Å². The Hall–Kier alpha value is -1.75. The molecular weight excluding hydrogens is 270 g/mol. The van der Waals surface area contributed by atoms with Gasteiger partial charge in [-0.05, 0) is 43.9 Å². The SMILES string of the molecule is CCOC(=O)CCCCCOc1cc(CN)ccc1OC. The van der Waals surface area contributed by atoms with Gasteiger partial charge in [-0.15, -0.1) is 0 Å². The zero-order chi connectivity index (χ0) is 15.5. The summed E-state index contributed by atoms with van der Waals surface area (Å²) in [7, 11) is 1.61. The maximum absolute atomic E-state index is 11.2. The zero-order valence-electron chi connectivity index (χ0n) is 12.9. The quantitative estimate of drug-likeness (QED) is 0.531. The van der Waals surface area contributed by atoms with Crippen LogP contribution >= 0.6 is 0 Å². The van der Waals surface area contributed by atoms with Crippen LogP contribution in [0.3, 0.4) is 0 Å². The van der Waals surface area contributed by atoms with Crippen molar-refractivity contribution in [3.63, 3.8) is 0 Å². The van der Waals surface area contributed by atoms with Crippen molar-refractivity contribution >= 4 is 5.97 Å². The first kappa shape index (κ1) is 17.3. The minimum absolute atomic E-state index is 0.129. The number of unbranched alkanes of at least 4 members (excludes halogenated alkanes) is 2. The first-order valence-electron chi connectivity index (χ1n) is 7.36. The molecule has 0 atom stereocenters. The molecule has 1 rings (SSSR count). The Balaban J connectivity index is 2.27. The Bertz CT molecular complexity index is 434. The van der Waals surface area contributed by atoms with Gasteiger partial charge in [0.1, 0.15) is 0 Å². The molecular formula is C16H25NO4. The van der Waals surface area contributed by atoms with Crippen molar-refractivity contribution in [1.29, 1.82) is 0 Å². The summed E-state index contributed by atoms with van der Waals surface area (Å²) in [5.74, 6) is 1.29. The highest BCUT2D eigenvalue weighted by molar-refractivity contribution is 5.69. The standard InChI is InChI=1S/C16H25NO4/c1-3-20-16(18)7-5-4-6-10-21-15-11-13(12-17)8-9-14(15)19-2/h8-9,11H,3-7,10,12,17H2,1-2H3. The summed E-state index contributed by atoms with van der Waals surface area (Å²) in [6, 6.07) is 5.68. The maximum atomic E-state index is 11.2. The van der Waals surface area contributed by atoms with E-state index in [9.17, 15) is 4.79 Å². The van der Waals surface area contributed by atoms with E-state index in [1.165, 1.54) is 0 Å². The molecule has 0 unspecified atom stereocenters. The largest absolute Gasteiger partial charge is 0.493 e. The summed E-state index contributed by atoms with van der Waals surface area (Å²) in [4.78, 5) is 11.2. The van der Waals surface area contributed by atoms with E-state index in [4.69, 9.17) is 19.9 Å². The molecule has 21 heavy (non-hydrogen) atoms. The number of hydrogen-bond donors (Lipinski definition) is 1. The molecule has 0 saturated heterocycles. The summed E-state index contributed by atoms with van der Waals surface area (Å²) in [6.45, 7) is 3.32. The predicted octanol–water partition coefficient (Wildman–Crippen LogP) is 2.66. The average Bonchev–Trinajstić information content (AvgIpc) is 2.50. The van der Waals surface area contributed by atoms with Gasteiger partial charge in [-0.25, -0.2) is 0 Å². The predicted molar refractivity (Wildman–Crippen MR) is 81.5 cm³/mol. The van der Waals surface area contributed by atoms with Crippen LogP contribution in [0.4, 0.5) is 0 Å². The van der Waals surface area contributed by atoms with Crippen molar-refractivity contribution < 1.29 is 19.0 Å². The third kappa shape index (κ3) is 6.49. The average molecular weight is 295 g/mol. The molecule has 1 aromatic rings. The van der Waals surface area contributed by atoms with Gasteiger partial charge in [-0.2, -0.15) is 0 Å². The van der Waals surface area contributed by atoms with Crippen molar-refractivity contribution in [2.45, 2.75) is 39.2 Å². The van der Waals surface area contributed by atoms with Gasteiger partial charge in [0, 0.05) is 13.0 Å². The van der Waals surface area contributed by atoms with Crippen molar-refractivity contribution in [2.24, 2.45) is 5.73 Å². The summed E-state index contributed by atoms with van der Waals surface area (Å²) in [5, 5.41) is 0. The Morgan fingerprint density at radius 3 is 2.67 bits per heavy atom. The van der Waals surface area contributed by atoms with E-state index in [0.717, 1.165) is 24.8 Å². The molecule has 118 valence electrons. The minimum atomic E-state index is -0.129.